The van der Waals surface area contributed by atoms with Gasteiger partial charge in [0.05, 0.1) is 24.9 Å². The molecule has 10 heteroatoms. The van der Waals surface area contributed by atoms with Crippen molar-refractivity contribution in [3.05, 3.63) is 22.7 Å². The molecule has 1 heterocycles. The van der Waals surface area contributed by atoms with E-state index in [9.17, 15) is 10.1 Å². The molecule has 0 aliphatic carbocycles. The predicted octanol–water partition coefficient (Wildman–Crippen LogP) is 1.78. The Morgan fingerprint density at radius 2 is 2.00 bits per heavy atom. The van der Waals surface area contributed by atoms with Gasteiger partial charge in [-0.3, -0.25) is 0 Å². The smallest absolute Gasteiger partial charge is 0.346 e. The highest BCUT2D eigenvalue weighted by molar-refractivity contribution is 6.32. The van der Waals surface area contributed by atoms with Gasteiger partial charge >= 0.3 is 5.97 Å². The fourth-order valence-corrected chi connectivity index (χ4v) is 2.43. The first-order chi connectivity index (χ1) is 12.3. The zero-order valence-electron chi connectivity index (χ0n) is 14.2. The first-order valence-corrected chi connectivity index (χ1v) is 7.65. The molecule has 0 aliphatic rings. The number of halogens is 1. The van der Waals surface area contributed by atoms with Crippen molar-refractivity contribution >= 4 is 29.3 Å². The van der Waals surface area contributed by atoms with Crippen molar-refractivity contribution in [2.45, 2.75) is 13.0 Å². The van der Waals surface area contributed by atoms with Gasteiger partial charge in [0.2, 0.25) is 5.95 Å². The van der Waals surface area contributed by atoms with Crippen LogP contribution in [0.2, 0.25) is 5.02 Å². The summed E-state index contributed by atoms with van der Waals surface area (Å²) >= 11 is 6.28. The minimum absolute atomic E-state index is 0.0499. The fourth-order valence-electron chi connectivity index (χ4n) is 2.18. The molecule has 0 radical (unpaired) electrons. The number of esters is 1. The van der Waals surface area contributed by atoms with E-state index in [0.717, 1.165) is 0 Å². The van der Waals surface area contributed by atoms with E-state index in [2.05, 4.69) is 14.7 Å². The van der Waals surface area contributed by atoms with Gasteiger partial charge in [-0.2, -0.15) is 10.2 Å². The molecule has 2 aromatic rings. The van der Waals surface area contributed by atoms with Crippen molar-refractivity contribution in [2.75, 3.05) is 25.7 Å². The number of carbonyl (C=O) groups is 1. The Kier molecular flexibility index (Phi) is 5.69. The number of hydrogen-bond acceptors (Lipinski definition) is 9. The summed E-state index contributed by atoms with van der Waals surface area (Å²) in [6, 6.07) is 4.96. The third-order valence-electron chi connectivity index (χ3n) is 3.40. The van der Waals surface area contributed by atoms with Crippen molar-refractivity contribution in [3.8, 4) is 28.8 Å². The normalized spacial score (nSPS) is 11.3. The lowest BCUT2D eigenvalue weighted by Gasteiger charge is -2.17. The molecule has 9 nitrogen and oxygen atoms in total. The summed E-state index contributed by atoms with van der Waals surface area (Å²) in [5, 5.41) is 9.45. The van der Waals surface area contributed by atoms with Crippen molar-refractivity contribution < 1.29 is 19.0 Å². The number of benzene rings is 1. The van der Waals surface area contributed by atoms with E-state index in [1.165, 1.54) is 33.3 Å². The molecule has 0 spiro atoms. The van der Waals surface area contributed by atoms with E-state index in [4.69, 9.17) is 32.5 Å². The predicted molar refractivity (Wildman–Crippen MR) is 94.7 cm³/mol. The molecule has 0 fully saturated rings. The summed E-state index contributed by atoms with van der Waals surface area (Å²) in [5.41, 5.74) is 12.0. The minimum Gasteiger partial charge on any atom is -0.493 e. The molecule has 0 bridgehead atoms. The van der Waals surface area contributed by atoms with Crippen LogP contribution >= 0.6 is 11.6 Å². The van der Waals surface area contributed by atoms with Crippen LogP contribution < -0.4 is 20.9 Å². The number of nitrogen functional groups attached to an aromatic ring is 2. The van der Waals surface area contributed by atoms with Gasteiger partial charge in [-0.25, -0.2) is 9.78 Å². The Morgan fingerprint density at radius 3 is 2.58 bits per heavy atom. The van der Waals surface area contributed by atoms with Crippen molar-refractivity contribution in [1.29, 1.82) is 5.26 Å². The molecule has 0 amide bonds. The molecule has 0 aliphatic heterocycles. The number of ether oxygens (including phenoxy) is 3. The van der Waals surface area contributed by atoms with Gasteiger partial charge in [0.25, 0.3) is 0 Å². The van der Waals surface area contributed by atoms with E-state index >= 15 is 0 Å². The van der Waals surface area contributed by atoms with Crippen LogP contribution in [0.1, 0.15) is 12.5 Å². The van der Waals surface area contributed by atoms with Gasteiger partial charge in [-0.15, -0.1) is 0 Å². The summed E-state index contributed by atoms with van der Waals surface area (Å²) in [6.45, 7) is 1.51. The second-order valence-corrected chi connectivity index (χ2v) is 5.48. The van der Waals surface area contributed by atoms with E-state index in [0.29, 0.717) is 5.56 Å². The van der Waals surface area contributed by atoms with Crippen LogP contribution in [0.3, 0.4) is 0 Å². The molecule has 0 saturated carbocycles. The maximum Gasteiger partial charge on any atom is 0.346 e. The lowest BCUT2D eigenvalue weighted by Crippen LogP contribution is -2.25. The molecule has 26 heavy (non-hydrogen) atoms. The Balaban J connectivity index is 2.57. The third kappa shape index (κ3) is 3.70. The van der Waals surface area contributed by atoms with Gasteiger partial charge in [0, 0.05) is 5.56 Å². The number of hydrogen-bond donors (Lipinski definition) is 2. The van der Waals surface area contributed by atoms with E-state index in [1.54, 1.807) is 0 Å². The second-order valence-electron chi connectivity index (χ2n) is 5.08. The number of nitriles is 1. The standard InChI is InChI=1S/C16H16ClN5O4/c1-7(15(23)25-3)26-13-10(17)4-8(5-11(13)24-2)12-9(6-18)14(19)22-16(20)21-12/h4-5,7H,1-3H3,(H4,19,20,21,22). The Morgan fingerprint density at radius 1 is 1.31 bits per heavy atom. The average Bonchev–Trinajstić information content (AvgIpc) is 2.61. The molecule has 136 valence electrons. The van der Waals surface area contributed by atoms with Crippen LogP contribution in [-0.2, 0) is 9.53 Å². The fraction of sp³-hybridized carbons (Fsp3) is 0.250. The Labute approximate surface area is 154 Å². The number of rotatable bonds is 5. The van der Waals surface area contributed by atoms with Crippen molar-refractivity contribution in [2.24, 2.45) is 0 Å². The molecule has 1 atom stereocenters. The summed E-state index contributed by atoms with van der Waals surface area (Å²) in [6.07, 6.45) is -0.905. The number of carbonyl (C=O) groups excluding carboxylic acids is 1. The quantitative estimate of drug-likeness (QED) is 0.744. The number of anilines is 2. The molecule has 1 unspecified atom stereocenters. The van der Waals surface area contributed by atoms with Gasteiger partial charge in [-0.05, 0) is 19.1 Å². The lowest BCUT2D eigenvalue weighted by molar-refractivity contribution is -0.147. The maximum absolute atomic E-state index is 11.6. The van der Waals surface area contributed by atoms with Crippen LogP contribution in [0.4, 0.5) is 11.8 Å². The molecule has 0 saturated heterocycles. The van der Waals surface area contributed by atoms with Crippen molar-refractivity contribution in [1.82, 2.24) is 9.97 Å². The molecule has 1 aromatic carbocycles. The second kappa shape index (κ2) is 7.76. The SMILES string of the molecule is COC(=O)C(C)Oc1c(Cl)cc(-c2nc(N)nc(N)c2C#N)cc1OC. The minimum atomic E-state index is -0.905. The zero-order chi connectivity index (χ0) is 19.4. The lowest BCUT2D eigenvalue weighted by atomic mass is 10.1. The van der Waals surface area contributed by atoms with E-state index in [-0.39, 0.29) is 39.5 Å². The number of nitrogens with zero attached hydrogens (tertiary/aromatic N) is 3. The first-order valence-electron chi connectivity index (χ1n) is 7.27. The number of nitrogens with two attached hydrogens (primary N) is 2. The molecule has 2 rings (SSSR count). The van der Waals surface area contributed by atoms with Gasteiger partial charge in [0.15, 0.2) is 17.6 Å². The van der Waals surface area contributed by atoms with Crippen LogP contribution in [0.15, 0.2) is 12.1 Å². The topological polar surface area (TPSA) is 146 Å². The van der Waals surface area contributed by atoms with Crippen LogP contribution in [-0.4, -0.2) is 36.3 Å². The summed E-state index contributed by atoms with van der Waals surface area (Å²) in [5.74, 6) is -0.349. The highest BCUT2D eigenvalue weighted by Crippen LogP contribution is 2.40. The van der Waals surface area contributed by atoms with Gasteiger partial charge in [-0.1, -0.05) is 11.6 Å². The number of methoxy groups -OCH3 is 2. The van der Waals surface area contributed by atoms with E-state index in [1.807, 2.05) is 6.07 Å². The summed E-state index contributed by atoms with van der Waals surface area (Å²) < 4.78 is 15.4. The zero-order valence-corrected chi connectivity index (χ0v) is 15.0. The summed E-state index contributed by atoms with van der Waals surface area (Å²) in [4.78, 5) is 19.4. The Bertz CT molecular complexity index is 897. The maximum atomic E-state index is 11.6. The van der Waals surface area contributed by atoms with Crippen LogP contribution in [0.5, 0.6) is 11.5 Å². The van der Waals surface area contributed by atoms with Crippen LogP contribution in [0.25, 0.3) is 11.3 Å². The average molecular weight is 378 g/mol. The van der Waals surface area contributed by atoms with Crippen molar-refractivity contribution in [3.63, 3.8) is 0 Å². The summed E-state index contributed by atoms with van der Waals surface area (Å²) in [7, 11) is 2.65. The molecular weight excluding hydrogens is 362 g/mol. The molecule has 4 N–H and O–H groups in total. The molecular formula is C16H16ClN5O4. The highest BCUT2D eigenvalue weighted by atomic mass is 35.5. The largest absolute Gasteiger partial charge is 0.493 e. The van der Waals surface area contributed by atoms with Crippen LogP contribution in [0, 0.1) is 11.3 Å². The van der Waals surface area contributed by atoms with E-state index < -0.39 is 12.1 Å². The highest BCUT2D eigenvalue weighted by Gasteiger charge is 2.22. The first kappa shape index (κ1) is 19.1. The third-order valence-corrected chi connectivity index (χ3v) is 3.68. The monoisotopic (exact) mass is 377 g/mol. The van der Waals surface area contributed by atoms with Gasteiger partial charge < -0.3 is 25.7 Å². The number of aromatic nitrogens is 2. The Hall–Kier alpha value is -3.25. The molecule has 1 aromatic heterocycles. The van der Waals surface area contributed by atoms with Gasteiger partial charge in [0.1, 0.15) is 17.5 Å².